The Bertz CT molecular complexity index is 404. The van der Waals surface area contributed by atoms with Crippen LogP contribution in [-0.2, 0) is 4.79 Å². The Hall–Kier alpha value is -1.26. The number of rotatable bonds is 3. The number of carboxylic acids is 1. The van der Waals surface area contributed by atoms with Crippen LogP contribution in [0.4, 0.5) is 4.79 Å². The fraction of sp³-hybridized carbons (Fsp3) is 0.875. The number of hydrogen-bond acceptors (Lipinski definition) is 2. The Kier molecular flexibility index (Phi) is 4.79. The topological polar surface area (TPSA) is 69.6 Å². The molecule has 1 unspecified atom stereocenters. The number of urea groups is 1. The second-order valence-corrected chi connectivity index (χ2v) is 7.22. The van der Waals surface area contributed by atoms with Crippen molar-refractivity contribution in [1.29, 1.82) is 0 Å². The normalized spacial score (nSPS) is 29.0. The summed E-state index contributed by atoms with van der Waals surface area (Å²) in [6, 6.07) is -0.216. The number of aliphatic carboxylic acids is 1. The largest absolute Gasteiger partial charge is 0.480 e. The third-order valence-electron chi connectivity index (χ3n) is 5.32. The maximum Gasteiger partial charge on any atom is 0.329 e. The molecule has 1 atom stereocenters. The van der Waals surface area contributed by atoms with E-state index in [1.54, 1.807) is 6.92 Å². The molecule has 0 aromatic carbocycles. The van der Waals surface area contributed by atoms with Crippen molar-refractivity contribution in [3.63, 3.8) is 0 Å². The van der Waals surface area contributed by atoms with Crippen LogP contribution >= 0.6 is 0 Å². The van der Waals surface area contributed by atoms with Crippen molar-refractivity contribution in [2.75, 3.05) is 13.1 Å². The van der Waals surface area contributed by atoms with Gasteiger partial charge in [0.05, 0.1) is 0 Å². The Morgan fingerprint density at radius 3 is 2.29 bits per heavy atom. The van der Waals surface area contributed by atoms with Gasteiger partial charge in [-0.25, -0.2) is 9.59 Å². The molecule has 1 heterocycles. The van der Waals surface area contributed by atoms with Gasteiger partial charge in [0.15, 0.2) is 0 Å². The molecule has 2 amide bonds. The molecule has 0 aromatic heterocycles. The summed E-state index contributed by atoms with van der Waals surface area (Å²) in [5.41, 5.74) is -0.890. The van der Waals surface area contributed by atoms with Crippen molar-refractivity contribution < 1.29 is 14.7 Å². The zero-order chi connectivity index (χ0) is 15.5. The Morgan fingerprint density at radius 2 is 1.67 bits per heavy atom. The molecule has 0 spiro atoms. The van der Waals surface area contributed by atoms with Crippen molar-refractivity contribution >= 4 is 12.0 Å². The average Bonchev–Trinajstić information content (AvgIpc) is 2.46. The average molecular weight is 296 g/mol. The van der Waals surface area contributed by atoms with Crippen LogP contribution in [0.2, 0.25) is 0 Å². The first-order valence-electron chi connectivity index (χ1n) is 8.16. The first-order chi connectivity index (χ1) is 9.87. The van der Waals surface area contributed by atoms with E-state index in [1.807, 2.05) is 0 Å². The number of carboxylic acid groups (broad SMARTS) is 1. The van der Waals surface area contributed by atoms with Crippen LogP contribution < -0.4 is 5.32 Å². The SMILES string of the molecule is CC1(CNC(=O)N2CCCCC2(C)C(=O)O)CCCCC1. The Labute approximate surface area is 127 Å². The zero-order valence-electron chi connectivity index (χ0n) is 13.3. The summed E-state index contributed by atoms with van der Waals surface area (Å²) in [6.45, 7) is 5.07. The predicted octanol–water partition coefficient (Wildman–Crippen LogP) is 3.00. The van der Waals surface area contributed by atoms with Gasteiger partial charge >= 0.3 is 12.0 Å². The predicted molar refractivity (Wildman–Crippen MR) is 81.2 cm³/mol. The minimum Gasteiger partial charge on any atom is -0.480 e. The molecule has 2 aliphatic rings. The summed E-state index contributed by atoms with van der Waals surface area (Å²) in [4.78, 5) is 25.5. The molecule has 2 N–H and O–H groups in total. The Balaban J connectivity index is 1.96. The molecule has 21 heavy (non-hydrogen) atoms. The van der Waals surface area contributed by atoms with E-state index in [-0.39, 0.29) is 11.4 Å². The highest BCUT2D eigenvalue weighted by Crippen LogP contribution is 2.35. The van der Waals surface area contributed by atoms with E-state index in [9.17, 15) is 14.7 Å². The minimum absolute atomic E-state index is 0.170. The minimum atomic E-state index is -1.06. The number of nitrogens with one attached hydrogen (secondary N) is 1. The highest BCUT2D eigenvalue weighted by atomic mass is 16.4. The van der Waals surface area contributed by atoms with E-state index in [1.165, 1.54) is 24.2 Å². The van der Waals surface area contributed by atoms with Crippen LogP contribution in [0.1, 0.15) is 65.2 Å². The highest BCUT2D eigenvalue weighted by molar-refractivity contribution is 5.86. The van der Waals surface area contributed by atoms with Crippen LogP contribution in [-0.4, -0.2) is 40.6 Å². The van der Waals surface area contributed by atoms with E-state index in [0.717, 1.165) is 25.7 Å². The van der Waals surface area contributed by atoms with E-state index >= 15 is 0 Å². The number of likely N-dealkylation sites (tertiary alicyclic amines) is 1. The van der Waals surface area contributed by atoms with Crippen LogP contribution in [0, 0.1) is 5.41 Å². The van der Waals surface area contributed by atoms with E-state index in [2.05, 4.69) is 12.2 Å². The van der Waals surface area contributed by atoms with Crippen molar-refractivity contribution in [2.45, 2.75) is 70.8 Å². The number of carbonyl (C=O) groups excluding carboxylic acids is 1. The lowest BCUT2D eigenvalue weighted by Crippen LogP contribution is -2.60. The summed E-state index contributed by atoms with van der Waals surface area (Å²) in [5, 5.41) is 12.5. The van der Waals surface area contributed by atoms with Gasteiger partial charge in [-0.2, -0.15) is 0 Å². The molecular formula is C16H28N2O3. The maximum atomic E-state index is 12.5. The molecule has 2 rings (SSSR count). The van der Waals surface area contributed by atoms with Crippen molar-refractivity contribution in [3.8, 4) is 0 Å². The van der Waals surface area contributed by atoms with Crippen LogP contribution in [0.15, 0.2) is 0 Å². The number of carbonyl (C=O) groups is 2. The number of nitrogens with zero attached hydrogens (tertiary/aromatic N) is 1. The fourth-order valence-corrected chi connectivity index (χ4v) is 3.64. The lowest BCUT2D eigenvalue weighted by atomic mass is 9.76. The summed E-state index contributed by atoms with van der Waals surface area (Å²) in [6.07, 6.45) is 8.30. The van der Waals surface area contributed by atoms with Gasteiger partial charge in [-0.05, 0) is 44.4 Å². The van der Waals surface area contributed by atoms with Crippen molar-refractivity contribution in [1.82, 2.24) is 10.2 Å². The molecule has 5 nitrogen and oxygen atoms in total. The second-order valence-electron chi connectivity index (χ2n) is 7.22. The summed E-state index contributed by atoms with van der Waals surface area (Å²) in [5.74, 6) is -0.902. The molecule has 1 saturated carbocycles. The van der Waals surface area contributed by atoms with E-state index < -0.39 is 11.5 Å². The number of piperidine rings is 1. The molecule has 1 saturated heterocycles. The third kappa shape index (κ3) is 3.50. The van der Waals surface area contributed by atoms with Crippen LogP contribution in [0.25, 0.3) is 0 Å². The van der Waals surface area contributed by atoms with Gasteiger partial charge in [-0.3, -0.25) is 0 Å². The smallest absolute Gasteiger partial charge is 0.329 e. The lowest BCUT2D eigenvalue weighted by Gasteiger charge is -2.42. The number of amides is 2. The summed E-state index contributed by atoms with van der Waals surface area (Å²) >= 11 is 0. The number of hydrogen-bond donors (Lipinski definition) is 2. The molecular weight excluding hydrogens is 268 g/mol. The van der Waals surface area contributed by atoms with Gasteiger partial charge in [-0.1, -0.05) is 26.2 Å². The fourth-order valence-electron chi connectivity index (χ4n) is 3.64. The maximum absolute atomic E-state index is 12.5. The molecule has 2 fully saturated rings. The van der Waals surface area contributed by atoms with Gasteiger partial charge < -0.3 is 15.3 Å². The lowest BCUT2D eigenvalue weighted by molar-refractivity contribution is -0.150. The van der Waals surface area contributed by atoms with Crippen LogP contribution in [0.5, 0.6) is 0 Å². The summed E-state index contributed by atoms with van der Waals surface area (Å²) < 4.78 is 0. The van der Waals surface area contributed by atoms with E-state index in [4.69, 9.17) is 0 Å². The Morgan fingerprint density at radius 1 is 1.05 bits per heavy atom. The first-order valence-corrected chi connectivity index (χ1v) is 8.16. The molecule has 5 heteroatoms. The van der Waals surface area contributed by atoms with Crippen molar-refractivity contribution in [3.05, 3.63) is 0 Å². The van der Waals surface area contributed by atoms with Gasteiger partial charge in [0.25, 0.3) is 0 Å². The van der Waals surface area contributed by atoms with Crippen molar-refractivity contribution in [2.24, 2.45) is 5.41 Å². The molecule has 1 aliphatic heterocycles. The zero-order valence-corrected chi connectivity index (χ0v) is 13.3. The third-order valence-corrected chi connectivity index (χ3v) is 5.32. The second kappa shape index (κ2) is 6.24. The molecule has 0 radical (unpaired) electrons. The molecule has 1 aliphatic carbocycles. The standard InChI is InChI=1S/C16H28N2O3/c1-15(8-4-3-5-9-15)12-17-14(21)18-11-7-6-10-16(18,2)13(19)20/h3-12H2,1-2H3,(H,17,21)(H,19,20). The molecule has 120 valence electrons. The van der Waals surface area contributed by atoms with Gasteiger partial charge in [0, 0.05) is 13.1 Å². The monoisotopic (exact) mass is 296 g/mol. The van der Waals surface area contributed by atoms with Crippen LogP contribution in [0.3, 0.4) is 0 Å². The van der Waals surface area contributed by atoms with Gasteiger partial charge in [-0.15, -0.1) is 0 Å². The first kappa shape index (κ1) is 16.1. The quantitative estimate of drug-likeness (QED) is 0.841. The highest BCUT2D eigenvalue weighted by Gasteiger charge is 2.44. The van der Waals surface area contributed by atoms with E-state index in [0.29, 0.717) is 19.5 Å². The van der Waals surface area contributed by atoms with Gasteiger partial charge in [0.1, 0.15) is 5.54 Å². The molecule has 0 aromatic rings. The van der Waals surface area contributed by atoms with Gasteiger partial charge in [0.2, 0.25) is 0 Å². The summed E-state index contributed by atoms with van der Waals surface area (Å²) in [7, 11) is 0. The molecule has 0 bridgehead atoms.